The first-order valence-electron chi connectivity index (χ1n) is 8.93. The van der Waals surface area contributed by atoms with Crippen LogP contribution in [0, 0.1) is 11.3 Å². The zero-order valence-electron chi connectivity index (χ0n) is 15.5. The summed E-state index contributed by atoms with van der Waals surface area (Å²) in [5, 5.41) is 9.95. The topological polar surface area (TPSA) is 113 Å². The summed E-state index contributed by atoms with van der Waals surface area (Å²) < 4.78 is 6.15. The Hall–Kier alpha value is -3.70. The number of carbonyl (C=O) groups excluding carboxylic acids is 3. The van der Waals surface area contributed by atoms with Crippen molar-refractivity contribution in [2.75, 3.05) is 11.9 Å². The molecule has 146 valence electrons. The smallest absolute Gasteiger partial charge is 0.247 e. The molecule has 2 N–H and O–H groups in total. The van der Waals surface area contributed by atoms with E-state index in [0.717, 1.165) is 0 Å². The largest absolute Gasteiger partial charge is 0.436 e. The van der Waals surface area contributed by atoms with Crippen LogP contribution in [0.15, 0.2) is 69.7 Å². The van der Waals surface area contributed by atoms with Gasteiger partial charge in [-0.2, -0.15) is 5.26 Å². The van der Waals surface area contributed by atoms with Gasteiger partial charge < -0.3 is 15.4 Å². The summed E-state index contributed by atoms with van der Waals surface area (Å²) in [4.78, 5) is 41.9. The second-order valence-corrected chi connectivity index (χ2v) is 8.05. The number of nitrogens with two attached hydrogens (primary N) is 1. The molecular formula is C22H12BrN3O4. The van der Waals surface area contributed by atoms with E-state index in [0.29, 0.717) is 15.7 Å². The number of benzene rings is 2. The summed E-state index contributed by atoms with van der Waals surface area (Å²) in [5.74, 6) is -2.34. The van der Waals surface area contributed by atoms with Gasteiger partial charge in [-0.15, -0.1) is 0 Å². The van der Waals surface area contributed by atoms with Crippen LogP contribution in [0.2, 0.25) is 0 Å². The van der Waals surface area contributed by atoms with Crippen molar-refractivity contribution in [2.45, 2.75) is 5.41 Å². The van der Waals surface area contributed by atoms with E-state index in [9.17, 15) is 19.6 Å². The Kier molecular flexibility index (Phi) is 3.61. The number of hydrogen-bond donors (Lipinski definition) is 1. The second kappa shape index (κ2) is 5.90. The van der Waals surface area contributed by atoms with E-state index >= 15 is 0 Å². The van der Waals surface area contributed by atoms with Crippen LogP contribution in [0.5, 0.6) is 0 Å². The minimum atomic E-state index is -1.86. The zero-order valence-corrected chi connectivity index (χ0v) is 17.1. The third kappa shape index (κ3) is 1.95. The Balaban J connectivity index is 1.95. The summed E-state index contributed by atoms with van der Waals surface area (Å²) in [6.45, 7) is 0. The Morgan fingerprint density at radius 2 is 1.77 bits per heavy atom. The van der Waals surface area contributed by atoms with Gasteiger partial charge in [0, 0.05) is 33.9 Å². The number of fused-ring (bicyclic) bond motifs is 4. The minimum absolute atomic E-state index is 0.154. The third-order valence-electron chi connectivity index (χ3n) is 5.75. The molecule has 1 spiro atoms. The van der Waals surface area contributed by atoms with Gasteiger partial charge in [-0.05, 0) is 18.2 Å². The summed E-state index contributed by atoms with van der Waals surface area (Å²) in [6.07, 6.45) is 0. The van der Waals surface area contributed by atoms with E-state index in [4.69, 9.17) is 10.5 Å². The quantitative estimate of drug-likeness (QED) is 0.644. The molecule has 1 amide bonds. The molecule has 1 atom stereocenters. The maximum Gasteiger partial charge on any atom is 0.247 e. The van der Waals surface area contributed by atoms with Crippen molar-refractivity contribution in [3.05, 3.63) is 86.4 Å². The summed E-state index contributed by atoms with van der Waals surface area (Å²) in [5.41, 5.74) is 5.01. The molecule has 1 unspecified atom stereocenters. The maximum absolute atomic E-state index is 13.7. The fourth-order valence-corrected chi connectivity index (χ4v) is 4.82. The van der Waals surface area contributed by atoms with Crippen molar-refractivity contribution < 1.29 is 19.1 Å². The van der Waals surface area contributed by atoms with Gasteiger partial charge >= 0.3 is 0 Å². The number of hydrogen-bond acceptors (Lipinski definition) is 6. The van der Waals surface area contributed by atoms with Gasteiger partial charge in [0.2, 0.25) is 17.6 Å². The highest BCUT2D eigenvalue weighted by atomic mass is 79.9. The first kappa shape index (κ1) is 18.3. The number of nitrogens with zero attached hydrogens (tertiary/aromatic N) is 2. The molecule has 7 nitrogen and oxygen atoms in total. The molecule has 2 aromatic rings. The number of rotatable bonds is 0. The van der Waals surface area contributed by atoms with E-state index in [1.54, 1.807) is 37.4 Å². The number of nitriles is 1. The average Bonchev–Trinajstić information content (AvgIpc) is 2.94. The van der Waals surface area contributed by atoms with Crippen molar-refractivity contribution in [1.29, 1.82) is 5.26 Å². The van der Waals surface area contributed by atoms with Crippen molar-refractivity contribution in [2.24, 2.45) is 5.73 Å². The molecule has 2 aromatic carbocycles. The first-order valence-corrected chi connectivity index (χ1v) is 9.72. The molecule has 8 heteroatoms. The van der Waals surface area contributed by atoms with E-state index < -0.39 is 22.9 Å². The Labute approximate surface area is 179 Å². The minimum Gasteiger partial charge on any atom is -0.436 e. The second-order valence-electron chi connectivity index (χ2n) is 7.14. The first-order chi connectivity index (χ1) is 14.3. The molecule has 2 aliphatic heterocycles. The molecule has 2 heterocycles. The lowest BCUT2D eigenvalue weighted by molar-refractivity contribution is -0.120. The summed E-state index contributed by atoms with van der Waals surface area (Å²) >= 11 is 3.39. The van der Waals surface area contributed by atoms with Crippen LogP contribution in [-0.2, 0) is 14.9 Å². The fourth-order valence-electron chi connectivity index (χ4n) is 4.46. The molecule has 0 saturated heterocycles. The van der Waals surface area contributed by atoms with Crippen molar-refractivity contribution in [1.82, 2.24) is 0 Å². The lowest BCUT2D eigenvalue weighted by Crippen LogP contribution is -2.49. The van der Waals surface area contributed by atoms with E-state index in [2.05, 4.69) is 15.9 Å². The molecule has 0 bridgehead atoms. The standard InChI is InChI=1S/C22H12BrN3O4/c1-26-15-7-6-10(23)8-13(15)22(21(26)29)14(9-24)20(25)30-19-16(22)17(27)11-4-2-3-5-12(11)18(19)28/h2-8H,25H2,1H3. The zero-order chi connectivity index (χ0) is 21.4. The van der Waals surface area contributed by atoms with E-state index in [-0.39, 0.29) is 33.9 Å². The van der Waals surface area contributed by atoms with Crippen LogP contribution in [-0.4, -0.2) is 24.5 Å². The normalized spacial score (nSPS) is 22.0. The molecule has 0 radical (unpaired) electrons. The predicted molar refractivity (Wildman–Crippen MR) is 109 cm³/mol. The van der Waals surface area contributed by atoms with E-state index in [1.165, 1.54) is 17.0 Å². The van der Waals surface area contributed by atoms with Crippen molar-refractivity contribution in [3.8, 4) is 6.07 Å². The van der Waals surface area contributed by atoms with Gasteiger partial charge in [0.15, 0.2) is 11.5 Å². The van der Waals surface area contributed by atoms with Crippen LogP contribution in [0.4, 0.5) is 5.69 Å². The number of anilines is 1. The SMILES string of the molecule is CN1C(=O)C2(C(C#N)=C(N)OC3=C2C(=O)c2ccccc2C3=O)c2cc(Br)ccc21. The van der Waals surface area contributed by atoms with Crippen molar-refractivity contribution in [3.63, 3.8) is 0 Å². The number of Topliss-reactive ketones (excluding diaryl/α,β-unsaturated/α-hetero) is 2. The lowest BCUT2D eigenvalue weighted by atomic mass is 9.64. The van der Waals surface area contributed by atoms with Gasteiger partial charge in [0.25, 0.3) is 0 Å². The molecule has 30 heavy (non-hydrogen) atoms. The highest BCUT2D eigenvalue weighted by molar-refractivity contribution is 9.10. The number of allylic oxidation sites excluding steroid dienone is 1. The van der Waals surface area contributed by atoms with Gasteiger partial charge in [0.1, 0.15) is 17.1 Å². The molecule has 0 fully saturated rings. The highest BCUT2D eigenvalue weighted by Gasteiger charge is 2.63. The molecule has 0 saturated carbocycles. The van der Waals surface area contributed by atoms with Crippen LogP contribution in [0.1, 0.15) is 26.3 Å². The van der Waals surface area contributed by atoms with Crippen LogP contribution < -0.4 is 10.6 Å². The number of carbonyl (C=O) groups is 3. The third-order valence-corrected chi connectivity index (χ3v) is 6.24. The van der Waals surface area contributed by atoms with Gasteiger partial charge in [-0.1, -0.05) is 40.2 Å². The average molecular weight is 462 g/mol. The summed E-state index contributed by atoms with van der Waals surface area (Å²) in [6, 6.07) is 13.4. The van der Waals surface area contributed by atoms with E-state index in [1.807, 2.05) is 6.07 Å². The van der Waals surface area contributed by atoms with Gasteiger partial charge in [-0.25, -0.2) is 0 Å². The molecule has 1 aliphatic carbocycles. The molecule has 3 aliphatic rings. The Bertz CT molecular complexity index is 1330. The lowest BCUT2D eigenvalue weighted by Gasteiger charge is -2.37. The predicted octanol–water partition coefficient (Wildman–Crippen LogP) is 2.72. The maximum atomic E-state index is 13.7. The number of amides is 1. The van der Waals surface area contributed by atoms with Crippen LogP contribution >= 0.6 is 15.9 Å². The van der Waals surface area contributed by atoms with Gasteiger partial charge in [0.05, 0.1) is 5.57 Å². The van der Waals surface area contributed by atoms with Crippen LogP contribution in [0.25, 0.3) is 0 Å². The van der Waals surface area contributed by atoms with Crippen molar-refractivity contribution >= 4 is 39.1 Å². The molecular weight excluding hydrogens is 450 g/mol. The monoisotopic (exact) mass is 461 g/mol. The number of ether oxygens (including phenoxy) is 1. The molecule has 0 aromatic heterocycles. The Morgan fingerprint density at radius 3 is 2.43 bits per heavy atom. The Morgan fingerprint density at radius 1 is 1.10 bits per heavy atom. The number of halogens is 1. The highest BCUT2D eigenvalue weighted by Crippen LogP contribution is 2.55. The number of likely N-dealkylation sites (N-methyl/N-ethyl adjacent to an activating group) is 1. The number of ketones is 2. The fraction of sp³-hybridized carbons (Fsp3) is 0.0909. The summed E-state index contributed by atoms with van der Waals surface area (Å²) in [7, 11) is 1.55. The van der Waals surface area contributed by atoms with Gasteiger partial charge in [-0.3, -0.25) is 14.4 Å². The van der Waals surface area contributed by atoms with Crippen LogP contribution in [0.3, 0.4) is 0 Å². The molecule has 5 rings (SSSR count).